The quantitative estimate of drug-likeness (QED) is 0.569. The second-order valence-electron chi connectivity index (χ2n) is 5.80. The van der Waals surface area contributed by atoms with Crippen molar-refractivity contribution >= 4 is 5.97 Å². The lowest BCUT2D eigenvalue weighted by Gasteiger charge is -2.11. The summed E-state index contributed by atoms with van der Waals surface area (Å²) in [6.07, 6.45) is 1.66. The minimum atomic E-state index is -0.938. The van der Waals surface area contributed by atoms with Gasteiger partial charge in [-0.15, -0.1) is 0 Å². The average molecular weight is 348 g/mol. The molecule has 0 spiro atoms. The normalized spacial score (nSPS) is 10.3. The number of carbonyl (C=O) groups is 1. The van der Waals surface area contributed by atoms with E-state index in [-0.39, 0.29) is 5.56 Å². The third kappa shape index (κ3) is 4.86. The summed E-state index contributed by atoms with van der Waals surface area (Å²) in [4.78, 5) is 10.8. The maximum Gasteiger partial charge on any atom is 0.335 e. The van der Waals surface area contributed by atoms with Gasteiger partial charge in [0.05, 0.1) is 12.2 Å². The number of carboxylic acid groups (broad SMARTS) is 1. The van der Waals surface area contributed by atoms with E-state index in [0.29, 0.717) is 12.4 Å². The fourth-order valence-electron chi connectivity index (χ4n) is 2.57. The molecule has 0 radical (unpaired) electrons. The number of carboxylic acids is 1. The Hall–Kier alpha value is -3.27. The van der Waals surface area contributed by atoms with Crippen molar-refractivity contribution in [3.05, 3.63) is 90.0 Å². The molecule has 4 nitrogen and oxygen atoms in total. The number of hydrogen-bond acceptors (Lipinski definition) is 3. The Morgan fingerprint density at radius 3 is 2.23 bits per heavy atom. The third-order valence-corrected chi connectivity index (χ3v) is 3.90. The predicted octanol–water partition coefficient (Wildman–Crippen LogP) is 5.19. The Labute approximate surface area is 152 Å². The summed E-state index contributed by atoms with van der Waals surface area (Å²) in [7, 11) is 0. The number of hydrogen-bond donors (Lipinski definition) is 1. The number of rotatable bonds is 8. The molecule has 0 heterocycles. The van der Waals surface area contributed by atoms with Crippen LogP contribution in [-0.2, 0) is 6.42 Å². The predicted molar refractivity (Wildman–Crippen MR) is 100 cm³/mol. The Kier molecular flexibility index (Phi) is 5.88. The highest BCUT2D eigenvalue weighted by Crippen LogP contribution is 2.26. The number of ether oxygens (including phenoxy) is 2. The van der Waals surface area contributed by atoms with Gasteiger partial charge in [-0.05, 0) is 60.9 Å². The van der Waals surface area contributed by atoms with E-state index in [1.54, 1.807) is 24.3 Å². The minimum absolute atomic E-state index is 0.254. The van der Waals surface area contributed by atoms with E-state index in [4.69, 9.17) is 14.6 Å². The fourth-order valence-corrected chi connectivity index (χ4v) is 2.57. The Morgan fingerprint density at radius 1 is 0.808 bits per heavy atom. The standard InChI is InChI=1S/C22H20O4/c23-22(24)18-12-14-19(15-13-18)25-16-6-8-17-7-4-5-11-21(17)26-20-9-2-1-3-10-20/h1-5,7,9-15H,6,8,16H2,(H,23,24). The topological polar surface area (TPSA) is 55.8 Å². The molecule has 0 amide bonds. The van der Waals surface area contributed by atoms with E-state index in [0.717, 1.165) is 29.9 Å². The average Bonchev–Trinajstić information content (AvgIpc) is 2.67. The summed E-state index contributed by atoms with van der Waals surface area (Å²) >= 11 is 0. The fraction of sp³-hybridized carbons (Fsp3) is 0.136. The van der Waals surface area contributed by atoms with Crippen molar-refractivity contribution < 1.29 is 19.4 Å². The van der Waals surface area contributed by atoms with E-state index in [1.807, 2.05) is 48.5 Å². The van der Waals surface area contributed by atoms with Crippen molar-refractivity contribution in [2.24, 2.45) is 0 Å². The summed E-state index contributed by atoms with van der Waals surface area (Å²) in [5.74, 6) is 1.40. The van der Waals surface area contributed by atoms with Crippen molar-refractivity contribution in [3.8, 4) is 17.2 Å². The van der Waals surface area contributed by atoms with Crippen LogP contribution >= 0.6 is 0 Å². The molecule has 0 unspecified atom stereocenters. The molecule has 0 saturated heterocycles. The Bertz CT molecular complexity index is 842. The second kappa shape index (κ2) is 8.72. The molecule has 3 aromatic rings. The van der Waals surface area contributed by atoms with Crippen LogP contribution in [0.3, 0.4) is 0 Å². The molecule has 0 fully saturated rings. The van der Waals surface area contributed by atoms with Crippen LogP contribution in [0.15, 0.2) is 78.9 Å². The molecule has 26 heavy (non-hydrogen) atoms. The van der Waals surface area contributed by atoms with Crippen molar-refractivity contribution in [3.63, 3.8) is 0 Å². The lowest BCUT2D eigenvalue weighted by molar-refractivity contribution is 0.0697. The third-order valence-electron chi connectivity index (χ3n) is 3.90. The Balaban J connectivity index is 1.52. The lowest BCUT2D eigenvalue weighted by Crippen LogP contribution is -2.01. The highest BCUT2D eigenvalue weighted by atomic mass is 16.5. The smallest absolute Gasteiger partial charge is 0.335 e. The number of aromatic carboxylic acids is 1. The van der Waals surface area contributed by atoms with Crippen molar-refractivity contribution in [2.75, 3.05) is 6.61 Å². The van der Waals surface area contributed by atoms with Gasteiger partial charge in [0.15, 0.2) is 0 Å². The summed E-state index contributed by atoms with van der Waals surface area (Å²) in [5.41, 5.74) is 1.38. The highest BCUT2D eigenvalue weighted by molar-refractivity contribution is 5.87. The van der Waals surface area contributed by atoms with Crippen LogP contribution in [0.25, 0.3) is 0 Å². The molecule has 0 bridgehead atoms. The summed E-state index contributed by atoms with van der Waals surface area (Å²) in [5, 5.41) is 8.89. The molecule has 0 atom stereocenters. The van der Waals surface area contributed by atoms with Crippen LogP contribution in [0.2, 0.25) is 0 Å². The second-order valence-corrected chi connectivity index (χ2v) is 5.80. The first-order valence-corrected chi connectivity index (χ1v) is 8.49. The maximum atomic E-state index is 10.8. The summed E-state index contributed by atoms with van der Waals surface area (Å²) in [6, 6.07) is 24.1. The molecule has 0 saturated carbocycles. The van der Waals surface area contributed by atoms with Gasteiger partial charge >= 0.3 is 5.97 Å². The van der Waals surface area contributed by atoms with Crippen LogP contribution in [0.4, 0.5) is 0 Å². The highest BCUT2D eigenvalue weighted by Gasteiger charge is 2.05. The summed E-state index contributed by atoms with van der Waals surface area (Å²) in [6.45, 7) is 0.548. The van der Waals surface area contributed by atoms with Crippen LogP contribution in [-0.4, -0.2) is 17.7 Å². The van der Waals surface area contributed by atoms with Gasteiger partial charge in [-0.1, -0.05) is 36.4 Å². The zero-order valence-corrected chi connectivity index (χ0v) is 14.3. The van der Waals surface area contributed by atoms with E-state index < -0.39 is 5.97 Å². The monoisotopic (exact) mass is 348 g/mol. The maximum absolute atomic E-state index is 10.8. The lowest BCUT2D eigenvalue weighted by atomic mass is 10.1. The summed E-state index contributed by atoms with van der Waals surface area (Å²) < 4.78 is 11.7. The molecule has 0 aliphatic carbocycles. The van der Waals surface area contributed by atoms with Gasteiger partial charge < -0.3 is 14.6 Å². The molecule has 0 aliphatic rings. The van der Waals surface area contributed by atoms with E-state index in [2.05, 4.69) is 6.07 Å². The molecule has 4 heteroatoms. The molecule has 0 aromatic heterocycles. The van der Waals surface area contributed by atoms with Gasteiger partial charge in [-0.25, -0.2) is 4.79 Å². The first-order valence-electron chi connectivity index (χ1n) is 8.49. The molecule has 0 aliphatic heterocycles. The molecular weight excluding hydrogens is 328 g/mol. The van der Waals surface area contributed by atoms with Crippen LogP contribution in [0, 0.1) is 0 Å². The first kappa shape index (κ1) is 17.5. The van der Waals surface area contributed by atoms with E-state index >= 15 is 0 Å². The largest absolute Gasteiger partial charge is 0.494 e. The Morgan fingerprint density at radius 2 is 1.50 bits per heavy atom. The van der Waals surface area contributed by atoms with Crippen molar-refractivity contribution in [2.45, 2.75) is 12.8 Å². The molecule has 3 rings (SSSR count). The van der Waals surface area contributed by atoms with Crippen LogP contribution < -0.4 is 9.47 Å². The van der Waals surface area contributed by atoms with E-state index in [1.165, 1.54) is 0 Å². The first-order chi connectivity index (χ1) is 12.7. The number of para-hydroxylation sites is 2. The van der Waals surface area contributed by atoms with Gasteiger partial charge in [-0.3, -0.25) is 0 Å². The molecule has 3 aromatic carbocycles. The van der Waals surface area contributed by atoms with Crippen molar-refractivity contribution in [1.29, 1.82) is 0 Å². The number of aryl methyl sites for hydroxylation is 1. The van der Waals surface area contributed by atoms with Crippen LogP contribution in [0.1, 0.15) is 22.3 Å². The van der Waals surface area contributed by atoms with Gasteiger partial charge in [0, 0.05) is 0 Å². The number of benzene rings is 3. The minimum Gasteiger partial charge on any atom is -0.494 e. The van der Waals surface area contributed by atoms with Gasteiger partial charge in [-0.2, -0.15) is 0 Å². The van der Waals surface area contributed by atoms with Gasteiger partial charge in [0.1, 0.15) is 17.2 Å². The zero-order valence-electron chi connectivity index (χ0n) is 14.3. The molecule has 132 valence electrons. The van der Waals surface area contributed by atoms with Gasteiger partial charge in [0.25, 0.3) is 0 Å². The van der Waals surface area contributed by atoms with Gasteiger partial charge in [0.2, 0.25) is 0 Å². The van der Waals surface area contributed by atoms with Crippen molar-refractivity contribution in [1.82, 2.24) is 0 Å². The van der Waals surface area contributed by atoms with Crippen LogP contribution in [0.5, 0.6) is 17.2 Å². The molecule has 1 N–H and O–H groups in total. The SMILES string of the molecule is O=C(O)c1ccc(OCCCc2ccccc2Oc2ccccc2)cc1. The zero-order chi connectivity index (χ0) is 18.2. The molecular formula is C22H20O4. The van der Waals surface area contributed by atoms with E-state index in [9.17, 15) is 4.79 Å².